The zero-order valence-electron chi connectivity index (χ0n) is 12.9. The fourth-order valence-electron chi connectivity index (χ4n) is 2.97. The summed E-state index contributed by atoms with van der Waals surface area (Å²) in [5.41, 5.74) is 0. The third-order valence-corrected chi connectivity index (χ3v) is 6.15. The van der Waals surface area contributed by atoms with Crippen LogP contribution in [0.4, 0.5) is 10.6 Å². The van der Waals surface area contributed by atoms with Crippen molar-refractivity contribution >= 4 is 21.7 Å². The maximum Gasteiger partial charge on any atom is 0.317 e. The molecule has 2 aliphatic heterocycles. The molecule has 1 unspecified atom stereocenters. The van der Waals surface area contributed by atoms with Gasteiger partial charge in [-0.1, -0.05) is 0 Å². The minimum atomic E-state index is -2.89. The molecule has 0 radical (unpaired) electrons. The molecule has 1 aromatic heterocycles. The van der Waals surface area contributed by atoms with Crippen molar-refractivity contribution in [1.29, 1.82) is 0 Å². The minimum absolute atomic E-state index is 0.0461. The fraction of sp³-hybridized carbons (Fsp3) is 0.643. The summed E-state index contributed by atoms with van der Waals surface area (Å²) < 4.78 is 22.8. The predicted octanol–water partition coefficient (Wildman–Crippen LogP) is -0.257. The molecule has 2 amide bonds. The lowest BCUT2D eigenvalue weighted by atomic mass is 10.1. The molecule has 0 saturated carbocycles. The van der Waals surface area contributed by atoms with Crippen LogP contribution in [-0.4, -0.2) is 73.5 Å². The van der Waals surface area contributed by atoms with Crippen LogP contribution in [0.3, 0.4) is 0 Å². The largest absolute Gasteiger partial charge is 0.352 e. The zero-order valence-corrected chi connectivity index (χ0v) is 13.7. The second kappa shape index (κ2) is 6.69. The van der Waals surface area contributed by atoms with E-state index >= 15 is 0 Å². The molecule has 3 rings (SSSR count). The molecule has 2 saturated heterocycles. The molecule has 0 aromatic carbocycles. The molecule has 0 spiro atoms. The average Bonchev–Trinajstić information content (AvgIpc) is 2.93. The molecule has 2 aliphatic rings. The molecule has 2 fully saturated rings. The number of sulfone groups is 1. The van der Waals surface area contributed by atoms with Crippen LogP contribution in [0.25, 0.3) is 0 Å². The highest BCUT2D eigenvalue weighted by Gasteiger charge is 2.29. The van der Waals surface area contributed by atoms with Crippen LogP contribution >= 0.6 is 0 Å². The monoisotopic (exact) mass is 339 g/mol. The number of nitrogens with one attached hydrogen (secondary N) is 1. The molecule has 1 N–H and O–H groups in total. The first-order valence-corrected chi connectivity index (χ1v) is 9.60. The Kier molecular flexibility index (Phi) is 4.65. The maximum atomic E-state index is 12.2. The number of hydrogen-bond acceptors (Lipinski definition) is 6. The fourth-order valence-corrected chi connectivity index (χ4v) is 4.83. The highest BCUT2D eigenvalue weighted by Crippen LogP contribution is 2.17. The van der Waals surface area contributed by atoms with E-state index in [1.54, 1.807) is 23.5 Å². The summed E-state index contributed by atoms with van der Waals surface area (Å²) in [5.74, 6) is 1.30. The van der Waals surface area contributed by atoms with E-state index in [9.17, 15) is 13.2 Å². The number of carbonyl (C=O) groups excluding carboxylic acids is 1. The van der Waals surface area contributed by atoms with E-state index < -0.39 is 9.84 Å². The number of rotatable bonds is 3. The van der Waals surface area contributed by atoms with Crippen LogP contribution in [0.5, 0.6) is 0 Å². The number of urea groups is 1. The SMILES string of the molecule is O=C(NCC1CCS(=O)(=O)C1)N1CCN(c2cnccn2)CC1. The van der Waals surface area contributed by atoms with Gasteiger partial charge in [0, 0.05) is 45.1 Å². The van der Waals surface area contributed by atoms with Crippen molar-refractivity contribution in [2.45, 2.75) is 6.42 Å². The summed E-state index contributed by atoms with van der Waals surface area (Å²) in [6, 6.07) is -0.118. The van der Waals surface area contributed by atoms with Crippen molar-refractivity contribution in [2.75, 3.05) is 49.1 Å². The van der Waals surface area contributed by atoms with Crippen LogP contribution in [0.15, 0.2) is 18.6 Å². The first kappa shape index (κ1) is 16.0. The Balaban J connectivity index is 1.43. The average molecular weight is 339 g/mol. The molecule has 1 aromatic rings. The van der Waals surface area contributed by atoms with Gasteiger partial charge in [0.25, 0.3) is 0 Å². The number of carbonyl (C=O) groups is 1. The lowest BCUT2D eigenvalue weighted by molar-refractivity contribution is 0.193. The van der Waals surface area contributed by atoms with Gasteiger partial charge in [0.15, 0.2) is 9.84 Å². The third kappa shape index (κ3) is 4.10. The van der Waals surface area contributed by atoms with Crippen molar-refractivity contribution < 1.29 is 13.2 Å². The number of piperazine rings is 1. The minimum Gasteiger partial charge on any atom is -0.352 e. The van der Waals surface area contributed by atoms with Gasteiger partial charge in [-0.25, -0.2) is 18.2 Å². The number of nitrogens with zero attached hydrogens (tertiary/aromatic N) is 4. The summed E-state index contributed by atoms with van der Waals surface area (Å²) in [4.78, 5) is 24.4. The molecule has 23 heavy (non-hydrogen) atoms. The third-order valence-electron chi connectivity index (χ3n) is 4.31. The summed E-state index contributed by atoms with van der Waals surface area (Å²) >= 11 is 0. The number of amides is 2. The highest BCUT2D eigenvalue weighted by molar-refractivity contribution is 7.91. The first-order valence-electron chi connectivity index (χ1n) is 7.78. The summed E-state index contributed by atoms with van der Waals surface area (Å²) in [6.45, 7) is 3.09. The van der Waals surface area contributed by atoms with Crippen molar-refractivity contribution in [2.24, 2.45) is 5.92 Å². The first-order chi connectivity index (χ1) is 11.0. The van der Waals surface area contributed by atoms with Crippen molar-refractivity contribution in [3.63, 3.8) is 0 Å². The molecule has 8 nitrogen and oxygen atoms in total. The molecule has 3 heterocycles. The quantitative estimate of drug-likeness (QED) is 0.815. The van der Waals surface area contributed by atoms with E-state index in [-0.39, 0.29) is 23.5 Å². The number of anilines is 1. The van der Waals surface area contributed by atoms with Gasteiger partial charge in [-0.3, -0.25) is 4.98 Å². The molecule has 9 heteroatoms. The standard InChI is InChI=1S/C14H21N5O3S/c20-14(17-9-12-1-8-23(21,22)11-12)19-6-4-18(5-7-19)13-10-15-2-3-16-13/h2-3,10,12H,1,4-9,11H2,(H,17,20). The van der Waals surface area contributed by atoms with Crippen molar-refractivity contribution in [1.82, 2.24) is 20.2 Å². The van der Waals surface area contributed by atoms with E-state index in [0.29, 0.717) is 39.1 Å². The maximum absolute atomic E-state index is 12.2. The summed E-state index contributed by atoms with van der Waals surface area (Å²) in [6.07, 6.45) is 5.65. The van der Waals surface area contributed by atoms with Crippen molar-refractivity contribution in [3.8, 4) is 0 Å². The normalized spacial score (nSPS) is 23.7. The molecule has 1 atom stereocenters. The molecule has 0 bridgehead atoms. The number of aromatic nitrogens is 2. The lowest BCUT2D eigenvalue weighted by Crippen LogP contribution is -2.52. The van der Waals surface area contributed by atoms with E-state index in [1.807, 2.05) is 0 Å². The molecular formula is C14H21N5O3S. The van der Waals surface area contributed by atoms with Gasteiger partial charge in [-0.05, 0) is 12.3 Å². The van der Waals surface area contributed by atoms with Crippen LogP contribution in [0.2, 0.25) is 0 Å². The Hall–Kier alpha value is -1.90. The Bertz CT molecular complexity index is 644. The summed E-state index contributed by atoms with van der Waals surface area (Å²) in [7, 11) is -2.89. The van der Waals surface area contributed by atoms with Gasteiger partial charge in [0.05, 0.1) is 17.7 Å². The van der Waals surface area contributed by atoms with Gasteiger partial charge in [0.2, 0.25) is 0 Å². The van der Waals surface area contributed by atoms with Crippen molar-refractivity contribution in [3.05, 3.63) is 18.6 Å². The second-order valence-corrected chi connectivity index (χ2v) is 8.22. The Labute approximate surface area is 135 Å². The van der Waals surface area contributed by atoms with Crippen LogP contribution in [0.1, 0.15) is 6.42 Å². The smallest absolute Gasteiger partial charge is 0.317 e. The van der Waals surface area contributed by atoms with E-state index in [2.05, 4.69) is 20.2 Å². The van der Waals surface area contributed by atoms with E-state index in [4.69, 9.17) is 0 Å². The zero-order chi connectivity index (χ0) is 16.3. The van der Waals surface area contributed by atoms with Crippen LogP contribution < -0.4 is 10.2 Å². The number of hydrogen-bond donors (Lipinski definition) is 1. The topological polar surface area (TPSA) is 95.5 Å². The molecular weight excluding hydrogens is 318 g/mol. The van der Waals surface area contributed by atoms with E-state index in [0.717, 1.165) is 5.82 Å². The highest BCUT2D eigenvalue weighted by atomic mass is 32.2. The Morgan fingerprint density at radius 1 is 1.26 bits per heavy atom. The molecule has 126 valence electrons. The summed E-state index contributed by atoms with van der Waals surface area (Å²) in [5, 5.41) is 2.86. The Morgan fingerprint density at radius 2 is 2.04 bits per heavy atom. The van der Waals surface area contributed by atoms with Gasteiger partial charge >= 0.3 is 6.03 Å². The van der Waals surface area contributed by atoms with Gasteiger partial charge < -0.3 is 15.1 Å². The molecule has 0 aliphatic carbocycles. The van der Waals surface area contributed by atoms with Gasteiger partial charge in [0.1, 0.15) is 5.82 Å². The van der Waals surface area contributed by atoms with Gasteiger partial charge in [-0.2, -0.15) is 0 Å². The Morgan fingerprint density at radius 3 is 2.65 bits per heavy atom. The second-order valence-electron chi connectivity index (χ2n) is 5.99. The predicted molar refractivity (Wildman–Crippen MR) is 86.0 cm³/mol. The van der Waals surface area contributed by atoms with E-state index in [1.165, 1.54) is 0 Å². The lowest BCUT2D eigenvalue weighted by Gasteiger charge is -2.35. The van der Waals surface area contributed by atoms with Gasteiger partial charge in [-0.15, -0.1) is 0 Å². The van der Waals surface area contributed by atoms with Crippen LogP contribution in [-0.2, 0) is 9.84 Å². The van der Waals surface area contributed by atoms with Crippen LogP contribution in [0, 0.1) is 5.92 Å².